The Labute approximate surface area is 144 Å². The lowest BCUT2D eigenvalue weighted by Crippen LogP contribution is -2.43. The van der Waals surface area contributed by atoms with E-state index in [9.17, 15) is 4.79 Å². The van der Waals surface area contributed by atoms with Crippen molar-refractivity contribution < 1.29 is 9.53 Å². The van der Waals surface area contributed by atoms with Gasteiger partial charge in [-0.2, -0.15) is 0 Å². The molecule has 0 radical (unpaired) electrons. The van der Waals surface area contributed by atoms with Crippen LogP contribution in [-0.2, 0) is 11.3 Å². The second kappa shape index (κ2) is 8.49. The van der Waals surface area contributed by atoms with Crippen LogP contribution >= 0.6 is 0 Å². The molecule has 2 fully saturated rings. The first-order valence-corrected chi connectivity index (χ1v) is 9.16. The van der Waals surface area contributed by atoms with Gasteiger partial charge >= 0.3 is 6.09 Å². The molecule has 132 valence electrons. The van der Waals surface area contributed by atoms with Crippen LogP contribution in [0.1, 0.15) is 31.2 Å². The average molecular weight is 331 g/mol. The van der Waals surface area contributed by atoms with E-state index in [1.807, 2.05) is 35.2 Å². The van der Waals surface area contributed by atoms with Crippen molar-refractivity contribution in [3.8, 4) is 0 Å². The summed E-state index contributed by atoms with van der Waals surface area (Å²) in [5.41, 5.74) is 6.67. The molecule has 1 saturated carbocycles. The second-order valence-corrected chi connectivity index (χ2v) is 7.00. The number of ether oxygens (including phenoxy) is 1. The standard InChI is InChI=1S/C19H29N3O2/c20-10-13-21-11-8-16(9-12-21)14-22(18-6-7-18)19(23)24-15-17-4-2-1-3-5-17/h1-5,16,18H,6-15,20H2. The van der Waals surface area contributed by atoms with Crippen molar-refractivity contribution in [2.24, 2.45) is 11.7 Å². The van der Waals surface area contributed by atoms with E-state index >= 15 is 0 Å². The molecule has 0 spiro atoms. The number of rotatable bonds is 7. The molecule has 5 nitrogen and oxygen atoms in total. The number of nitrogens with two attached hydrogens (primary N) is 1. The minimum atomic E-state index is -0.147. The molecule has 1 aromatic rings. The van der Waals surface area contributed by atoms with Crippen LogP contribution in [0.3, 0.4) is 0 Å². The summed E-state index contributed by atoms with van der Waals surface area (Å²) in [5, 5.41) is 0. The molecule has 5 heteroatoms. The summed E-state index contributed by atoms with van der Waals surface area (Å²) in [7, 11) is 0. The van der Waals surface area contributed by atoms with Gasteiger partial charge in [0.2, 0.25) is 0 Å². The van der Waals surface area contributed by atoms with Crippen molar-refractivity contribution in [3.63, 3.8) is 0 Å². The van der Waals surface area contributed by atoms with Crippen LogP contribution in [0.15, 0.2) is 30.3 Å². The van der Waals surface area contributed by atoms with Crippen LogP contribution in [0.4, 0.5) is 4.79 Å². The molecule has 1 aliphatic carbocycles. The van der Waals surface area contributed by atoms with E-state index in [1.54, 1.807) is 0 Å². The van der Waals surface area contributed by atoms with Crippen molar-refractivity contribution in [3.05, 3.63) is 35.9 Å². The molecule has 2 aliphatic rings. The van der Waals surface area contributed by atoms with Gasteiger partial charge in [-0.1, -0.05) is 30.3 Å². The number of benzene rings is 1. The maximum atomic E-state index is 12.5. The number of carbonyl (C=O) groups is 1. The Hall–Kier alpha value is -1.59. The molecule has 1 heterocycles. The highest BCUT2D eigenvalue weighted by Crippen LogP contribution is 2.30. The number of carbonyl (C=O) groups excluding carboxylic acids is 1. The van der Waals surface area contributed by atoms with Gasteiger partial charge in [-0.3, -0.25) is 0 Å². The molecule has 2 N–H and O–H groups in total. The smallest absolute Gasteiger partial charge is 0.410 e. The largest absolute Gasteiger partial charge is 0.445 e. The molecule has 0 bridgehead atoms. The van der Waals surface area contributed by atoms with Crippen LogP contribution in [0.2, 0.25) is 0 Å². The Morgan fingerprint density at radius 2 is 1.88 bits per heavy atom. The molecule has 1 saturated heterocycles. The molecular formula is C19H29N3O2. The number of hydrogen-bond acceptors (Lipinski definition) is 4. The van der Waals surface area contributed by atoms with Crippen LogP contribution in [0, 0.1) is 5.92 Å². The third kappa shape index (κ3) is 4.95. The fourth-order valence-electron chi connectivity index (χ4n) is 3.41. The van der Waals surface area contributed by atoms with Crippen molar-refractivity contribution in [2.45, 2.75) is 38.3 Å². The fraction of sp³-hybridized carbons (Fsp3) is 0.632. The summed E-state index contributed by atoms with van der Waals surface area (Å²) < 4.78 is 5.55. The number of nitrogens with zero attached hydrogens (tertiary/aromatic N) is 2. The van der Waals surface area contributed by atoms with Gasteiger partial charge in [0.15, 0.2) is 0 Å². The van der Waals surface area contributed by atoms with Gasteiger partial charge < -0.3 is 20.3 Å². The number of amides is 1. The van der Waals surface area contributed by atoms with E-state index in [2.05, 4.69) is 4.90 Å². The van der Waals surface area contributed by atoms with Gasteiger partial charge in [0.1, 0.15) is 6.61 Å². The van der Waals surface area contributed by atoms with E-state index in [1.165, 1.54) is 0 Å². The zero-order valence-electron chi connectivity index (χ0n) is 14.4. The van der Waals surface area contributed by atoms with Gasteiger partial charge in [0, 0.05) is 25.7 Å². The highest BCUT2D eigenvalue weighted by atomic mass is 16.6. The molecule has 1 aromatic carbocycles. The zero-order chi connectivity index (χ0) is 16.8. The van der Waals surface area contributed by atoms with Crippen LogP contribution in [-0.4, -0.2) is 54.7 Å². The van der Waals surface area contributed by atoms with Crippen molar-refractivity contribution in [1.82, 2.24) is 9.80 Å². The lowest BCUT2D eigenvalue weighted by molar-refractivity contribution is 0.0788. The predicted octanol–water partition coefficient (Wildman–Crippen LogP) is 2.46. The first kappa shape index (κ1) is 17.2. The Kier molecular flexibility index (Phi) is 6.10. The number of likely N-dealkylation sites (tertiary alicyclic amines) is 1. The minimum absolute atomic E-state index is 0.147. The highest BCUT2D eigenvalue weighted by Gasteiger charge is 2.35. The lowest BCUT2D eigenvalue weighted by Gasteiger charge is -2.34. The minimum Gasteiger partial charge on any atom is -0.445 e. The highest BCUT2D eigenvalue weighted by molar-refractivity contribution is 5.68. The summed E-state index contributed by atoms with van der Waals surface area (Å²) in [4.78, 5) is 16.9. The maximum absolute atomic E-state index is 12.5. The summed E-state index contributed by atoms with van der Waals surface area (Å²) in [5.74, 6) is 0.587. The van der Waals surface area contributed by atoms with E-state index in [-0.39, 0.29) is 6.09 Å². The van der Waals surface area contributed by atoms with Crippen molar-refractivity contribution in [2.75, 3.05) is 32.7 Å². The average Bonchev–Trinajstić information content (AvgIpc) is 3.45. The van der Waals surface area contributed by atoms with Gasteiger partial charge in [0.05, 0.1) is 0 Å². The molecule has 0 aromatic heterocycles. The first-order chi connectivity index (χ1) is 11.8. The van der Waals surface area contributed by atoms with Crippen molar-refractivity contribution >= 4 is 6.09 Å². The normalized spacial score (nSPS) is 19.2. The summed E-state index contributed by atoms with van der Waals surface area (Å²) in [6, 6.07) is 10.3. The van der Waals surface area contributed by atoms with Gasteiger partial charge in [-0.15, -0.1) is 0 Å². The molecule has 3 rings (SSSR count). The molecule has 24 heavy (non-hydrogen) atoms. The first-order valence-electron chi connectivity index (χ1n) is 9.16. The van der Waals surface area contributed by atoms with Gasteiger partial charge in [-0.05, 0) is 50.3 Å². The van der Waals surface area contributed by atoms with Crippen molar-refractivity contribution in [1.29, 1.82) is 0 Å². The number of hydrogen-bond donors (Lipinski definition) is 1. The van der Waals surface area contributed by atoms with Crippen LogP contribution in [0.25, 0.3) is 0 Å². The molecule has 1 aliphatic heterocycles. The number of piperidine rings is 1. The van der Waals surface area contributed by atoms with Crippen LogP contribution < -0.4 is 5.73 Å². The Morgan fingerprint density at radius 1 is 1.17 bits per heavy atom. The topological polar surface area (TPSA) is 58.8 Å². The molecule has 1 amide bonds. The summed E-state index contributed by atoms with van der Waals surface area (Å²) in [6.07, 6.45) is 4.38. The van der Waals surface area contributed by atoms with Gasteiger partial charge in [-0.25, -0.2) is 4.79 Å². The quantitative estimate of drug-likeness (QED) is 0.834. The lowest BCUT2D eigenvalue weighted by atomic mass is 9.96. The molecule has 0 unspecified atom stereocenters. The van der Waals surface area contributed by atoms with E-state index in [0.29, 0.717) is 18.6 Å². The summed E-state index contributed by atoms with van der Waals surface area (Å²) >= 11 is 0. The van der Waals surface area contributed by atoms with E-state index in [4.69, 9.17) is 10.5 Å². The SMILES string of the molecule is NCCN1CCC(CN(C(=O)OCc2ccccc2)C2CC2)CC1. The third-order valence-electron chi connectivity index (χ3n) is 5.03. The van der Waals surface area contributed by atoms with Crippen LogP contribution in [0.5, 0.6) is 0 Å². The Morgan fingerprint density at radius 3 is 2.50 bits per heavy atom. The predicted molar refractivity (Wildman–Crippen MR) is 94.6 cm³/mol. The Bertz CT molecular complexity index is 511. The summed E-state index contributed by atoms with van der Waals surface area (Å²) in [6.45, 7) is 5.11. The molecule has 0 atom stereocenters. The second-order valence-electron chi connectivity index (χ2n) is 7.00. The molecular weight excluding hydrogens is 302 g/mol. The van der Waals surface area contributed by atoms with Gasteiger partial charge in [0.25, 0.3) is 0 Å². The maximum Gasteiger partial charge on any atom is 0.410 e. The fourth-order valence-corrected chi connectivity index (χ4v) is 3.41. The van der Waals surface area contributed by atoms with E-state index < -0.39 is 0 Å². The third-order valence-corrected chi connectivity index (χ3v) is 5.03. The monoisotopic (exact) mass is 331 g/mol. The van der Waals surface area contributed by atoms with E-state index in [0.717, 1.165) is 64.0 Å². The Balaban J connectivity index is 1.47. The zero-order valence-corrected chi connectivity index (χ0v) is 14.4.